The highest BCUT2D eigenvalue weighted by Gasteiger charge is 2.17. The molecule has 3 rings (SSSR count). The van der Waals surface area contributed by atoms with Crippen LogP contribution in [0.25, 0.3) is 0 Å². The van der Waals surface area contributed by atoms with E-state index in [0.717, 1.165) is 11.1 Å². The number of ether oxygens (including phenoxy) is 1. The molecule has 0 aliphatic rings. The molecule has 0 atom stereocenters. The maximum Gasteiger partial charge on any atom is 0.337 e. The van der Waals surface area contributed by atoms with Crippen molar-refractivity contribution in [3.63, 3.8) is 0 Å². The SMILES string of the molecule is COC(=O)c1ccc(NC(=O)c2ccc(S(=O)(=O)Nc3cccc(C)c3C)cc2)cc1. The van der Waals surface area contributed by atoms with Gasteiger partial charge in [-0.25, -0.2) is 13.2 Å². The fraction of sp³-hybridized carbons (Fsp3) is 0.130. The number of aryl methyl sites for hydroxylation is 1. The number of methoxy groups -OCH3 is 1. The van der Waals surface area contributed by atoms with Gasteiger partial charge in [0.15, 0.2) is 0 Å². The smallest absolute Gasteiger partial charge is 0.337 e. The number of carbonyl (C=O) groups is 2. The molecule has 0 spiro atoms. The predicted octanol–water partition coefficient (Wildman–Crippen LogP) is 4.14. The molecule has 31 heavy (non-hydrogen) atoms. The number of rotatable bonds is 6. The Bertz CT molecular complexity index is 1220. The molecule has 0 fully saturated rings. The fourth-order valence-corrected chi connectivity index (χ4v) is 3.98. The summed E-state index contributed by atoms with van der Waals surface area (Å²) < 4.78 is 32.6. The minimum Gasteiger partial charge on any atom is -0.465 e. The molecule has 0 heterocycles. The number of hydrogen-bond acceptors (Lipinski definition) is 5. The first kappa shape index (κ1) is 22.0. The van der Waals surface area contributed by atoms with E-state index in [0.29, 0.717) is 22.5 Å². The van der Waals surface area contributed by atoms with Crippen molar-refractivity contribution in [2.24, 2.45) is 0 Å². The van der Waals surface area contributed by atoms with Gasteiger partial charge in [-0.05, 0) is 79.6 Å². The van der Waals surface area contributed by atoms with Crippen molar-refractivity contribution in [2.75, 3.05) is 17.1 Å². The van der Waals surface area contributed by atoms with Crippen molar-refractivity contribution in [3.8, 4) is 0 Å². The van der Waals surface area contributed by atoms with Crippen LogP contribution in [0, 0.1) is 13.8 Å². The summed E-state index contributed by atoms with van der Waals surface area (Å²) in [7, 11) is -2.50. The van der Waals surface area contributed by atoms with Crippen molar-refractivity contribution >= 4 is 33.3 Å². The first-order valence-electron chi connectivity index (χ1n) is 9.40. The Balaban J connectivity index is 1.72. The van der Waals surface area contributed by atoms with E-state index in [-0.39, 0.29) is 4.90 Å². The lowest BCUT2D eigenvalue weighted by Gasteiger charge is -2.12. The summed E-state index contributed by atoms with van der Waals surface area (Å²) in [5.74, 6) is -0.874. The van der Waals surface area contributed by atoms with Crippen LogP contribution in [0.5, 0.6) is 0 Å². The highest BCUT2D eigenvalue weighted by atomic mass is 32.2. The van der Waals surface area contributed by atoms with Gasteiger partial charge in [0.2, 0.25) is 0 Å². The molecule has 1 amide bonds. The zero-order valence-corrected chi connectivity index (χ0v) is 18.1. The van der Waals surface area contributed by atoms with Gasteiger partial charge in [0.05, 0.1) is 23.3 Å². The number of carbonyl (C=O) groups excluding carboxylic acids is 2. The van der Waals surface area contributed by atoms with Gasteiger partial charge < -0.3 is 10.1 Å². The van der Waals surface area contributed by atoms with Gasteiger partial charge >= 0.3 is 5.97 Å². The van der Waals surface area contributed by atoms with Crippen LogP contribution in [0.1, 0.15) is 31.8 Å². The zero-order valence-electron chi connectivity index (χ0n) is 17.3. The van der Waals surface area contributed by atoms with Crippen molar-refractivity contribution < 1.29 is 22.7 Å². The third-order valence-electron chi connectivity index (χ3n) is 4.84. The molecule has 0 saturated heterocycles. The molecular formula is C23H22N2O5S. The van der Waals surface area contributed by atoms with Crippen LogP contribution >= 0.6 is 0 Å². The summed E-state index contributed by atoms with van der Waals surface area (Å²) in [5.41, 5.74) is 3.49. The fourth-order valence-electron chi connectivity index (χ4n) is 2.86. The van der Waals surface area contributed by atoms with Crippen LogP contribution in [-0.2, 0) is 14.8 Å². The van der Waals surface area contributed by atoms with Gasteiger partial charge in [-0.3, -0.25) is 9.52 Å². The van der Waals surface area contributed by atoms with E-state index in [1.54, 1.807) is 24.3 Å². The van der Waals surface area contributed by atoms with Crippen LogP contribution in [-0.4, -0.2) is 27.4 Å². The quantitative estimate of drug-likeness (QED) is 0.563. The van der Waals surface area contributed by atoms with E-state index in [1.807, 2.05) is 19.9 Å². The number of esters is 1. The standard InChI is InChI=1S/C23H22N2O5S/c1-15-5-4-6-21(16(15)2)25-31(28,29)20-13-9-17(10-14-20)22(26)24-19-11-7-18(8-12-19)23(27)30-3/h4-14,25H,1-3H3,(H,24,26). The normalized spacial score (nSPS) is 10.9. The molecule has 3 aromatic carbocycles. The van der Waals surface area contributed by atoms with Gasteiger partial charge in [0.1, 0.15) is 0 Å². The summed E-state index contributed by atoms with van der Waals surface area (Å²) in [5, 5.41) is 2.70. The van der Waals surface area contributed by atoms with E-state index in [9.17, 15) is 18.0 Å². The molecule has 0 unspecified atom stereocenters. The first-order chi connectivity index (χ1) is 14.7. The van der Waals surface area contributed by atoms with E-state index in [2.05, 4.69) is 14.8 Å². The monoisotopic (exact) mass is 438 g/mol. The Morgan fingerprint density at radius 1 is 0.839 bits per heavy atom. The third-order valence-corrected chi connectivity index (χ3v) is 6.22. The van der Waals surface area contributed by atoms with Gasteiger partial charge in [0.25, 0.3) is 15.9 Å². The second-order valence-corrected chi connectivity index (χ2v) is 8.58. The zero-order chi connectivity index (χ0) is 22.6. The first-order valence-corrected chi connectivity index (χ1v) is 10.9. The van der Waals surface area contributed by atoms with E-state index >= 15 is 0 Å². The minimum absolute atomic E-state index is 0.0485. The molecule has 3 aromatic rings. The lowest BCUT2D eigenvalue weighted by molar-refractivity contribution is 0.0600. The molecular weight excluding hydrogens is 416 g/mol. The van der Waals surface area contributed by atoms with Crippen LogP contribution in [0.3, 0.4) is 0 Å². The van der Waals surface area contributed by atoms with E-state index in [1.165, 1.54) is 43.5 Å². The number of nitrogens with one attached hydrogen (secondary N) is 2. The summed E-state index contributed by atoms with van der Waals surface area (Å²) in [6.07, 6.45) is 0. The van der Waals surface area contributed by atoms with Crippen LogP contribution in [0.15, 0.2) is 71.6 Å². The van der Waals surface area contributed by atoms with Gasteiger partial charge in [-0.2, -0.15) is 0 Å². The number of sulfonamides is 1. The van der Waals surface area contributed by atoms with Crippen molar-refractivity contribution in [3.05, 3.63) is 89.0 Å². The third kappa shape index (κ3) is 5.10. The second kappa shape index (κ2) is 9.01. The Hall–Kier alpha value is -3.65. The largest absolute Gasteiger partial charge is 0.465 e. The van der Waals surface area contributed by atoms with Crippen molar-refractivity contribution in [1.29, 1.82) is 0 Å². The minimum atomic E-state index is -3.79. The molecule has 0 radical (unpaired) electrons. The summed E-state index contributed by atoms with van der Waals surface area (Å²) in [4.78, 5) is 24.0. The van der Waals surface area contributed by atoms with Crippen LogP contribution in [0.2, 0.25) is 0 Å². The number of amides is 1. The molecule has 2 N–H and O–H groups in total. The molecule has 0 aromatic heterocycles. The predicted molar refractivity (Wildman–Crippen MR) is 119 cm³/mol. The van der Waals surface area contributed by atoms with Gasteiger partial charge in [0, 0.05) is 11.3 Å². The highest BCUT2D eigenvalue weighted by molar-refractivity contribution is 7.92. The number of benzene rings is 3. The Kier molecular flexibility index (Phi) is 6.41. The van der Waals surface area contributed by atoms with Crippen LogP contribution < -0.4 is 10.0 Å². The maximum absolute atomic E-state index is 12.7. The number of hydrogen-bond donors (Lipinski definition) is 2. The van der Waals surface area contributed by atoms with Gasteiger partial charge in [-0.1, -0.05) is 12.1 Å². The van der Waals surface area contributed by atoms with Crippen molar-refractivity contribution in [1.82, 2.24) is 0 Å². The Labute approximate surface area is 181 Å². The Morgan fingerprint density at radius 2 is 1.45 bits per heavy atom. The molecule has 160 valence electrons. The molecule has 7 nitrogen and oxygen atoms in total. The number of anilines is 2. The molecule has 0 aliphatic heterocycles. The molecule has 0 bridgehead atoms. The maximum atomic E-state index is 12.7. The van der Waals surface area contributed by atoms with E-state index in [4.69, 9.17) is 0 Å². The highest BCUT2D eigenvalue weighted by Crippen LogP contribution is 2.22. The molecule has 8 heteroatoms. The van der Waals surface area contributed by atoms with Crippen LogP contribution in [0.4, 0.5) is 11.4 Å². The topological polar surface area (TPSA) is 102 Å². The second-order valence-electron chi connectivity index (χ2n) is 6.90. The van der Waals surface area contributed by atoms with E-state index < -0.39 is 21.9 Å². The lowest BCUT2D eigenvalue weighted by atomic mass is 10.1. The average Bonchev–Trinajstić information content (AvgIpc) is 2.77. The van der Waals surface area contributed by atoms with Gasteiger partial charge in [-0.15, -0.1) is 0 Å². The Morgan fingerprint density at radius 3 is 2.06 bits per heavy atom. The average molecular weight is 439 g/mol. The summed E-state index contributed by atoms with van der Waals surface area (Å²) in [6.45, 7) is 3.75. The summed E-state index contributed by atoms with van der Waals surface area (Å²) >= 11 is 0. The summed E-state index contributed by atoms with van der Waals surface area (Å²) in [6, 6.07) is 17.3. The molecule has 0 aliphatic carbocycles. The molecule has 0 saturated carbocycles. The lowest BCUT2D eigenvalue weighted by Crippen LogP contribution is -2.15. The van der Waals surface area contributed by atoms with Crippen molar-refractivity contribution in [2.45, 2.75) is 18.7 Å².